The van der Waals surface area contributed by atoms with E-state index in [1.165, 1.54) is 49.4 Å². The number of amides is 1. The van der Waals surface area contributed by atoms with E-state index in [1.54, 1.807) is 0 Å². The van der Waals surface area contributed by atoms with Gasteiger partial charge in [0.1, 0.15) is 6.04 Å². The Morgan fingerprint density at radius 1 is 1.08 bits per heavy atom. The van der Waals surface area contributed by atoms with E-state index in [0.29, 0.717) is 10.7 Å². The van der Waals surface area contributed by atoms with Gasteiger partial charge >= 0.3 is 5.97 Å². The first kappa shape index (κ1) is 20.2. The Bertz CT molecular complexity index is 946. The van der Waals surface area contributed by atoms with Gasteiger partial charge in [-0.2, -0.15) is 4.72 Å². The molecule has 2 aromatic rings. The standard InChI is InChI=1S/C16H14Cl2N2O5S/c1-9(16(22)23)20-26(24,25)12-5-3-11(4-6-12)19-15(21)13-7-2-10(17)8-14(13)18/h2-9,20H,1H3,(H,19,21)(H,22,23)/t9-/m1/s1. The van der Waals surface area contributed by atoms with Gasteiger partial charge in [-0.1, -0.05) is 23.2 Å². The molecule has 0 spiro atoms. The van der Waals surface area contributed by atoms with Gasteiger partial charge in [-0.3, -0.25) is 9.59 Å². The summed E-state index contributed by atoms with van der Waals surface area (Å²) in [6.45, 7) is 1.21. The molecule has 0 unspecified atom stereocenters. The monoisotopic (exact) mass is 416 g/mol. The molecule has 7 nitrogen and oxygen atoms in total. The molecule has 1 amide bonds. The number of carbonyl (C=O) groups excluding carboxylic acids is 1. The van der Waals surface area contributed by atoms with Crippen molar-refractivity contribution in [2.75, 3.05) is 5.32 Å². The van der Waals surface area contributed by atoms with Crippen molar-refractivity contribution < 1.29 is 23.1 Å². The maximum Gasteiger partial charge on any atom is 0.321 e. The van der Waals surface area contributed by atoms with Crippen molar-refractivity contribution in [3.8, 4) is 0 Å². The Kier molecular flexibility index (Phi) is 6.25. The normalized spacial score (nSPS) is 12.4. The number of nitrogens with one attached hydrogen (secondary N) is 2. The lowest BCUT2D eigenvalue weighted by Gasteiger charge is -2.11. The molecule has 0 heterocycles. The Hall–Kier alpha value is -2.13. The van der Waals surface area contributed by atoms with Crippen molar-refractivity contribution in [3.63, 3.8) is 0 Å². The summed E-state index contributed by atoms with van der Waals surface area (Å²) in [5.41, 5.74) is 0.552. The lowest BCUT2D eigenvalue weighted by molar-refractivity contribution is -0.138. The van der Waals surface area contributed by atoms with Gasteiger partial charge in [-0.15, -0.1) is 0 Å². The number of hydrogen-bond acceptors (Lipinski definition) is 4. The maximum atomic E-state index is 12.2. The van der Waals surface area contributed by atoms with Crippen LogP contribution in [0.2, 0.25) is 10.0 Å². The minimum atomic E-state index is -3.99. The first-order valence-corrected chi connectivity index (χ1v) is 9.45. The number of hydrogen-bond donors (Lipinski definition) is 3. The molecule has 10 heteroatoms. The average molecular weight is 417 g/mol. The number of anilines is 1. The van der Waals surface area contributed by atoms with Gasteiger partial charge in [0, 0.05) is 10.7 Å². The lowest BCUT2D eigenvalue weighted by Crippen LogP contribution is -2.38. The summed E-state index contributed by atoms with van der Waals surface area (Å²) in [5, 5.41) is 11.9. The fourth-order valence-electron chi connectivity index (χ4n) is 1.94. The molecule has 3 N–H and O–H groups in total. The summed E-state index contributed by atoms with van der Waals surface area (Å²) < 4.78 is 26.2. The van der Waals surface area contributed by atoms with Crippen LogP contribution in [0.15, 0.2) is 47.4 Å². The van der Waals surface area contributed by atoms with Crippen LogP contribution in [-0.4, -0.2) is 31.4 Å². The number of benzene rings is 2. The van der Waals surface area contributed by atoms with Crippen molar-refractivity contribution in [3.05, 3.63) is 58.1 Å². The predicted molar refractivity (Wildman–Crippen MR) is 98.3 cm³/mol. The van der Waals surface area contributed by atoms with E-state index in [4.69, 9.17) is 28.3 Å². The number of halogens is 2. The Morgan fingerprint density at radius 2 is 1.69 bits per heavy atom. The van der Waals surface area contributed by atoms with Crippen LogP contribution in [0.5, 0.6) is 0 Å². The molecule has 0 saturated heterocycles. The van der Waals surface area contributed by atoms with Gasteiger partial charge in [0.2, 0.25) is 10.0 Å². The molecule has 0 bridgehead atoms. The molecule has 26 heavy (non-hydrogen) atoms. The third-order valence-corrected chi connectivity index (χ3v) is 5.41. The SMILES string of the molecule is C[C@@H](NS(=O)(=O)c1ccc(NC(=O)c2ccc(Cl)cc2Cl)cc1)C(=O)O. The highest BCUT2D eigenvalue weighted by Gasteiger charge is 2.21. The molecule has 2 aromatic carbocycles. The molecule has 138 valence electrons. The van der Waals surface area contributed by atoms with Gasteiger partial charge in [-0.05, 0) is 49.4 Å². The van der Waals surface area contributed by atoms with Gasteiger partial charge < -0.3 is 10.4 Å². The van der Waals surface area contributed by atoms with Crippen molar-refractivity contribution in [1.29, 1.82) is 0 Å². The number of carbonyl (C=O) groups is 2. The molecule has 0 aromatic heterocycles. The zero-order valence-corrected chi connectivity index (χ0v) is 15.7. The quantitative estimate of drug-likeness (QED) is 0.669. The summed E-state index contributed by atoms with van der Waals surface area (Å²) in [7, 11) is -3.99. The molecule has 0 fully saturated rings. The van der Waals surface area contributed by atoms with E-state index in [-0.39, 0.29) is 15.5 Å². The number of rotatable bonds is 6. The summed E-state index contributed by atoms with van der Waals surface area (Å²) in [5.74, 6) is -1.78. The number of carboxylic acids is 1. The van der Waals surface area contributed by atoms with Crippen LogP contribution in [0.25, 0.3) is 0 Å². The number of carboxylic acid groups (broad SMARTS) is 1. The summed E-state index contributed by atoms with van der Waals surface area (Å²) in [6, 6.07) is 8.40. The predicted octanol–water partition coefficient (Wildman–Crippen LogP) is 3.00. The third kappa shape index (κ3) is 4.95. The van der Waals surface area contributed by atoms with Gasteiger partial charge in [0.05, 0.1) is 15.5 Å². The van der Waals surface area contributed by atoms with Crippen molar-refractivity contribution in [2.45, 2.75) is 17.9 Å². The molecule has 0 radical (unpaired) electrons. The second kappa shape index (κ2) is 8.05. The second-order valence-corrected chi connectivity index (χ2v) is 7.84. The fourth-order valence-corrected chi connectivity index (χ4v) is 3.63. The molecule has 1 atom stereocenters. The van der Waals surface area contributed by atoms with Crippen LogP contribution in [0.3, 0.4) is 0 Å². The van der Waals surface area contributed by atoms with Crippen LogP contribution in [0, 0.1) is 0 Å². The Morgan fingerprint density at radius 3 is 2.23 bits per heavy atom. The van der Waals surface area contributed by atoms with Crippen LogP contribution in [0.4, 0.5) is 5.69 Å². The van der Waals surface area contributed by atoms with Crippen LogP contribution in [-0.2, 0) is 14.8 Å². The molecular weight excluding hydrogens is 403 g/mol. The largest absolute Gasteiger partial charge is 0.480 e. The van der Waals surface area contributed by atoms with E-state index in [1.807, 2.05) is 4.72 Å². The minimum absolute atomic E-state index is 0.131. The zero-order valence-electron chi connectivity index (χ0n) is 13.4. The Labute approximate surface area is 160 Å². The highest BCUT2D eigenvalue weighted by molar-refractivity contribution is 7.89. The minimum Gasteiger partial charge on any atom is -0.480 e. The highest BCUT2D eigenvalue weighted by Crippen LogP contribution is 2.22. The summed E-state index contributed by atoms with van der Waals surface area (Å²) in [6.07, 6.45) is 0. The van der Waals surface area contributed by atoms with Crippen molar-refractivity contribution in [2.24, 2.45) is 0 Å². The summed E-state index contributed by atoms with van der Waals surface area (Å²) >= 11 is 11.8. The first-order chi connectivity index (χ1) is 12.1. The Balaban J connectivity index is 2.14. The highest BCUT2D eigenvalue weighted by atomic mass is 35.5. The second-order valence-electron chi connectivity index (χ2n) is 5.28. The van der Waals surface area contributed by atoms with E-state index >= 15 is 0 Å². The van der Waals surface area contributed by atoms with Crippen LogP contribution in [0.1, 0.15) is 17.3 Å². The van der Waals surface area contributed by atoms with Crippen molar-refractivity contribution >= 4 is 50.8 Å². The molecular formula is C16H14Cl2N2O5S. The number of aliphatic carboxylic acids is 1. The summed E-state index contributed by atoms with van der Waals surface area (Å²) in [4.78, 5) is 22.9. The van der Waals surface area contributed by atoms with E-state index in [9.17, 15) is 18.0 Å². The molecule has 0 saturated carbocycles. The zero-order chi connectivity index (χ0) is 19.5. The third-order valence-electron chi connectivity index (χ3n) is 3.30. The van der Waals surface area contributed by atoms with Crippen molar-refractivity contribution in [1.82, 2.24) is 4.72 Å². The maximum absolute atomic E-state index is 12.2. The topological polar surface area (TPSA) is 113 Å². The van der Waals surface area contributed by atoms with Gasteiger partial charge in [0.25, 0.3) is 5.91 Å². The van der Waals surface area contributed by atoms with E-state index < -0.39 is 27.9 Å². The smallest absolute Gasteiger partial charge is 0.321 e. The molecule has 0 aliphatic carbocycles. The number of sulfonamides is 1. The van der Waals surface area contributed by atoms with E-state index in [2.05, 4.69) is 5.32 Å². The van der Waals surface area contributed by atoms with E-state index in [0.717, 1.165) is 0 Å². The van der Waals surface area contributed by atoms with Gasteiger partial charge in [-0.25, -0.2) is 8.42 Å². The van der Waals surface area contributed by atoms with Crippen LogP contribution < -0.4 is 10.0 Å². The average Bonchev–Trinajstić information content (AvgIpc) is 2.54. The fraction of sp³-hybridized carbons (Fsp3) is 0.125. The molecule has 0 aliphatic rings. The van der Waals surface area contributed by atoms with Crippen LogP contribution >= 0.6 is 23.2 Å². The first-order valence-electron chi connectivity index (χ1n) is 7.22. The molecule has 0 aliphatic heterocycles. The molecule has 2 rings (SSSR count). The van der Waals surface area contributed by atoms with Gasteiger partial charge in [0.15, 0.2) is 0 Å². The lowest BCUT2D eigenvalue weighted by atomic mass is 10.2.